The van der Waals surface area contributed by atoms with Gasteiger partial charge in [0.2, 0.25) is 0 Å². The van der Waals surface area contributed by atoms with Crippen LogP contribution in [0.5, 0.6) is 0 Å². The highest BCUT2D eigenvalue weighted by molar-refractivity contribution is 5.87. The molecule has 1 saturated heterocycles. The number of aryl methyl sites for hydroxylation is 1. The van der Waals surface area contributed by atoms with Crippen molar-refractivity contribution < 1.29 is 9.90 Å². The van der Waals surface area contributed by atoms with Crippen LogP contribution in [-0.2, 0) is 6.54 Å². The van der Waals surface area contributed by atoms with Crippen LogP contribution in [0.4, 0.5) is 0 Å². The van der Waals surface area contributed by atoms with Crippen molar-refractivity contribution in [3.63, 3.8) is 0 Å². The Morgan fingerprint density at radius 2 is 2.36 bits per heavy atom. The highest BCUT2D eigenvalue weighted by atomic mass is 16.4. The minimum Gasteiger partial charge on any atom is -0.478 e. The number of hydrogen-bond donors (Lipinski definition) is 2. The lowest BCUT2D eigenvalue weighted by atomic mass is 9.89. The van der Waals surface area contributed by atoms with Crippen molar-refractivity contribution in [2.45, 2.75) is 32.2 Å². The second-order valence-electron chi connectivity index (χ2n) is 5.98. The fourth-order valence-electron chi connectivity index (χ4n) is 3.16. The van der Waals surface area contributed by atoms with Gasteiger partial charge in [-0.05, 0) is 49.9 Å². The number of rotatable bonds is 4. The number of aromatic carboxylic acids is 1. The molecular formula is C17H21N3O2. The zero-order valence-corrected chi connectivity index (χ0v) is 12.7. The van der Waals surface area contributed by atoms with Crippen molar-refractivity contribution in [2.75, 3.05) is 13.1 Å². The van der Waals surface area contributed by atoms with E-state index in [0.29, 0.717) is 11.5 Å². The van der Waals surface area contributed by atoms with Gasteiger partial charge in [-0.1, -0.05) is 12.1 Å². The van der Waals surface area contributed by atoms with Gasteiger partial charge in [0.15, 0.2) is 0 Å². The Morgan fingerprint density at radius 1 is 1.50 bits per heavy atom. The third-order valence-electron chi connectivity index (χ3n) is 4.42. The summed E-state index contributed by atoms with van der Waals surface area (Å²) >= 11 is 0. The number of carboxylic acid groups (broad SMARTS) is 1. The zero-order chi connectivity index (χ0) is 15.5. The summed E-state index contributed by atoms with van der Waals surface area (Å²) in [6.45, 7) is 4.92. The van der Waals surface area contributed by atoms with Gasteiger partial charge in [0.05, 0.1) is 17.6 Å². The number of piperidine rings is 1. The molecule has 2 heterocycles. The summed E-state index contributed by atoms with van der Waals surface area (Å²) in [5.41, 5.74) is 3.72. The number of carboxylic acids is 1. The average molecular weight is 299 g/mol. The zero-order valence-electron chi connectivity index (χ0n) is 12.7. The second kappa shape index (κ2) is 6.32. The number of H-pyrrole nitrogens is 1. The highest BCUT2D eigenvalue weighted by Crippen LogP contribution is 2.28. The van der Waals surface area contributed by atoms with Crippen LogP contribution in [0.1, 0.15) is 46.1 Å². The molecule has 1 fully saturated rings. The maximum absolute atomic E-state index is 11.1. The molecule has 1 aliphatic rings. The van der Waals surface area contributed by atoms with Crippen molar-refractivity contribution in [1.29, 1.82) is 0 Å². The minimum absolute atomic E-state index is 0.373. The quantitative estimate of drug-likeness (QED) is 0.911. The van der Waals surface area contributed by atoms with E-state index in [-0.39, 0.29) is 0 Å². The first-order chi connectivity index (χ1) is 10.6. The van der Waals surface area contributed by atoms with E-state index in [1.54, 1.807) is 12.4 Å². The minimum atomic E-state index is -0.860. The number of benzene rings is 1. The molecule has 1 aromatic carbocycles. The van der Waals surface area contributed by atoms with Crippen molar-refractivity contribution in [3.05, 3.63) is 53.1 Å². The molecule has 1 atom stereocenters. The van der Waals surface area contributed by atoms with Crippen LogP contribution in [0, 0.1) is 6.92 Å². The Kier molecular flexibility index (Phi) is 4.24. The van der Waals surface area contributed by atoms with Crippen LogP contribution >= 0.6 is 0 Å². The smallest absolute Gasteiger partial charge is 0.335 e. The highest BCUT2D eigenvalue weighted by Gasteiger charge is 2.22. The lowest BCUT2D eigenvalue weighted by Crippen LogP contribution is -2.34. The second-order valence-corrected chi connectivity index (χ2v) is 5.98. The molecule has 0 amide bonds. The van der Waals surface area contributed by atoms with Gasteiger partial charge in [-0.3, -0.25) is 4.90 Å². The van der Waals surface area contributed by atoms with Gasteiger partial charge in [-0.25, -0.2) is 9.78 Å². The Labute approximate surface area is 130 Å². The normalized spacial score (nSPS) is 19.2. The van der Waals surface area contributed by atoms with E-state index in [1.165, 1.54) is 0 Å². The molecule has 0 radical (unpaired) electrons. The molecule has 22 heavy (non-hydrogen) atoms. The number of aromatic amines is 1. The topological polar surface area (TPSA) is 69.2 Å². The number of hydrogen-bond acceptors (Lipinski definition) is 3. The van der Waals surface area contributed by atoms with E-state index in [9.17, 15) is 4.79 Å². The molecule has 1 aliphatic heterocycles. The third kappa shape index (κ3) is 3.20. The first-order valence-corrected chi connectivity index (χ1v) is 7.68. The van der Waals surface area contributed by atoms with Gasteiger partial charge in [-0.2, -0.15) is 0 Å². The van der Waals surface area contributed by atoms with Gasteiger partial charge in [0.25, 0.3) is 0 Å². The standard InChI is InChI=1S/C17H21N3O2/c1-12-16(19-11-18-12)10-20-7-3-6-15(9-20)13-4-2-5-14(8-13)17(21)22/h2,4-5,8,11,15H,3,6-7,9-10H2,1H3,(H,18,19)(H,21,22)/t15-/m0/s1. The van der Waals surface area contributed by atoms with Gasteiger partial charge in [0, 0.05) is 18.8 Å². The summed E-state index contributed by atoms with van der Waals surface area (Å²) in [5.74, 6) is -0.464. The molecule has 3 rings (SSSR count). The van der Waals surface area contributed by atoms with Crippen LogP contribution < -0.4 is 0 Å². The maximum Gasteiger partial charge on any atom is 0.335 e. The molecule has 116 valence electrons. The monoisotopic (exact) mass is 299 g/mol. The Morgan fingerprint density at radius 3 is 3.09 bits per heavy atom. The average Bonchev–Trinajstić information content (AvgIpc) is 2.93. The van der Waals surface area contributed by atoms with Crippen molar-refractivity contribution in [1.82, 2.24) is 14.9 Å². The van der Waals surface area contributed by atoms with Gasteiger partial charge in [0.1, 0.15) is 0 Å². The Hall–Kier alpha value is -2.14. The summed E-state index contributed by atoms with van der Waals surface area (Å²) < 4.78 is 0. The molecule has 0 aliphatic carbocycles. The first kappa shape index (κ1) is 14.8. The van der Waals surface area contributed by atoms with Gasteiger partial charge >= 0.3 is 5.97 Å². The van der Waals surface area contributed by atoms with Crippen molar-refractivity contribution >= 4 is 5.97 Å². The molecule has 2 aromatic rings. The molecule has 0 saturated carbocycles. The fraction of sp³-hybridized carbons (Fsp3) is 0.412. The van der Waals surface area contributed by atoms with E-state index in [4.69, 9.17) is 5.11 Å². The molecule has 1 aromatic heterocycles. The molecule has 0 spiro atoms. The molecule has 5 heteroatoms. The number of imidazole rings is 1. The number of aromatic nitrogens is 2. The SMILES string of the molecule is Cc1[nH]cnc1CN1CCC[C@H](c2cccc(C(=O)O)c2)C1. The summed E-state index contributed by atoms with van der Waals surface area (Å²) in [5, 5.41) is 9.14. The number of carbonyl (C=O) groups is 1. The van der Waals surface area contributed by atoms with Crippen LogP contribution in [0.2, 0.25) is 0 Å². The molecule has 2 N–H and O–H groups in total. The summed E-state index contributed by atoms with van der Waals surface area (Å²) in [7, 11) is 0. The van der Waals surface area contributed by atoms with Crippen LogP contribution in [0.25, 0.3) is 0 Å². The van der Waals surface area contributed by atoms with Crippen LogP contribution in [-0.4, -0.2) is 39.0 Å². The van der Waals surface area contributed by atoms with E-state index < -0.39 is 5.97 Å². The van der Waals surface area contributed by atoms with Gasteiger partial charge < -0.3 is 10.1 Å². The van der Waals surface area contributed by atoms with Crippen LogP contribution in [0.15, 0.2) is 30.6 Å². The largest absolute Gasteiger partial charge is 0.478 e. The van der Waals surface area contributed by atoms with Crippen molar-refractivity contribution in [3.8, 4) is 0 Å². The molecule has 0 bridgehead atoms. The Bertz CT molecular complexity index is 665. The predicted octanol–water partition coefficient (Wildman–Crippen LogP) is 2.80. The third-order valence-corrected chi connectivity index (χ3v) is 4.42. The molecule has 0 unspecified atom stereocenters. The summed E-state index contributed by atoms with van der Waals surface area (Å²) in [6.07, 6.45) is 3.98. The molecule has 5 nitrogen and oxygen atoms in total. The number of likely N-dealkylation sites (tertiary alicyclic amines) is 1. The lowest BCUT2D eigenvalue weighted by molar-refractivity contribution is 0.0696. The van der Waals surface area contributed by atoms with E-state index in [0.717, 1.165) is 49.4 Å². The Balaban J connectivity index is 1.71. The number of nitrogens with zero attached hydrogens (tertiary/aromatic N) is 2. The molecular weight excluding hydrogens is 278 g/mol. The van der Waals surface area contributed by atoms with E-state index >= 15 is 0 Å². The summed E-state index contributed by atoms with van der Waals surface area (Å²) in [6, 6.07) is 7.35. The number of nitrogens with one attached hydrogen (secondary N) is 1. The van der Waals surface area contributed by atoms with E-state index in [2.05, 4.69) is 14.9 Å². The van der Waals surface area contributed by atoms with Crippen LogP contribution in [0.3, 0.4) is 0 Å². The van der Waals surface area contributed by atoms with Crippen molar-refractivity contribution in [2.24, 2.45) is 0 Å². The van der Waals surface area contributed by atoms with Gasteiger partial charge in [-0.15, -0.1) is 0 Å². The fourth-order valence-corrected chi connectivity index (χ4v) is 3.16. The first-order valence-electron chi connectivity index (χ1n) is 7.68. The summed E-state index contributed by atoms with van der Waals surface area (Å²) in [4.78, 5) is 21.0. The maximum atomic E-state index is 11.1. The lowest BCUT2D eigenvalue weighted by Gasteiger charge is -2.32. The predicted molar refractivity (Wildman–Crippen MR) is 84.0 cm³/mol. The van der Waals surface area contributed by atoms with E-state index in [1.807, 2.05) is 25.1 Å².